The number of sulfone groups is 1. The summed E-state index contributed by atoms with van der Waals surface area (Å²) >= 11 is 0. The van der Waals surface area contributed by atoms with Crippen LogP contribution in [0.2, 0.25) is 0 Å². The number of hydrogen-bond donors (Lipinski definition) is 0. The number of pyridine rings is 1. The SMILES string of the molecule is O=S(=O)(CCOC1CC1)c1ccccn1. The van der Waals surface area contributed by atoms with Crippen molar-refractivity contribution in [3.05, 3.63) is 24.4 Å². The van der Waals surface area contributed by atoms with Crippen LogP contribution in [-0.2, 0) is 14.6 Å². The highest BCUT2D eigenvalue weighted by Gasteiger charge is 2.23. The predicted molar refractivity (Wildman–Crippen MR) is 55.3 cm³/mol. The molecule has 1 aromatic heterocycles. The largest absolute Gasteiger partial charge is 0.377 e. The Kier molecular flexibility index (Phi) is 3.02. The van der Waals surface area contributed by atoms with Crippen LogP contribution in [0.5, 0.6) is 0 Å². The topological polar surface area (TPSA) is 56.3 Å². The van der Waals surface area contributed by atoms with Crippen LogP contribution >= 0.6 is 0 Å². The molecule has 2 rings (SSSR count). The Labute approximate surface area is 89.2 Å². The van der Waals surface area contributed by atoms with Gasteiger partial charge in [-0.1, -0.05) is 6.07 Å². The molecule has 0 saturated heterocycles. The molecule has 0 unspecified atom stereocenters. The minimum Gasteiger partial charge on any atom is -0.377 e. The fraction of sp³-hybridized carbons (Fsp3) is 0.500. The van der Waals surface area contributed by atoms with Crippen LogP contribution in [0, 0.1) is 0 Å². The van der Waals surface area contributed by atoms with Crippen molar-refractivity contribution in [3.8, 4) is 0 Å². The van der Waals surface area contributed by atoms with Gasteiger partial charge in [0, 0.05) is 6.20 Å². The third-order valence-corrected chi connectivity index (χ3v) is 3.77. The Morgan fingerprint density at radius 3 is 2.80 bits per heavy atom. The van der Waals surface area contributed by atoms with E-state index >= 15 is 0 Å². The molecule has 1 aliphatic carbocycles. The second-order valence-electron chi connectivity index (χ2n) is 3.56. The fourth-order valence-corrected chi connectivity index (χ4v) is 2.23. The van der Waals surface area contributed by atoms with Crippen molar-refractivity contribution in [3.63, 3.8) is 0 Å². The molecular formula is C10H13NO3S. The first-order valence-corrected chi connectivity index (χ1v) is 6.59. The van der Waals surface area contributed by atoms with Gasteiger partial charge >= 0.3 is 0 Å². The van der Waals surface area contributed by atoms with E-state index < -0.39 is 9.84 Å². The molecule has 82 valence electrons. The number of rotatable bonds is 5. The highest BCUT2D eigenvalue weighted by molar-refractivity contribution is 7.91. The Hall–Kier alpha value is -0.940. The minimum absolute atomic E-state index is 0.0144. The first-order chi connectivity index (χ1) is 7.18. The highest BCUT2D eigenvalue weighted by Crippen LogP contribution is 2.23. The molecule has 0 aromatic carbocycles. The van der Waals surface area contributed by atoms with Gasteiger partial charge in [0.05, 0.1) is 18.5 Å². The van der Waals surface area contributed by atoms with E-state index in [0.29, 0.717) is 6.10 Å². The lowest BCUT2D eigenvalue weighted by molar-refractivity contribution is 0.134. The maximum Gasteiger partial charge on any atom is 0.197 e. The van der Waals surface area contributed by atoms with Gasteiger partial charge in [0.25, 0.3) is 0 Å². The lowest BCUT2D eigenvalue weighted by atomic mass is 10.5. The molecule has 4 nitrogen and oxygen atoms in total. The van der Waals surface area contributed by atoms with Crippen LogP contribution in [0.15, 0.2) is 29.4 Å². The van der Waals surface area contributed by atoms with Gasteiger partial charge in [-0.15, -0.1) is 0 Å². The number of hydrogen-bond acceptors (Lipinski definition) is 4. The molecule has 15 heavy (non-hydrogen) atoms. The van der Waals surface area contributed by atoms with E-state index in [1.807, 2.05) is 0 Å². The number of nitrogens with zero attached hydrogens (tertiary/aromatic N) is 1. The zero-order chi connectivity index (χ0) is 10.7. The van der Waals surface area contributed by atoms with Crippen molar-refractivity contribution >= 4 is 9.84 Å². The van der Waals surface area contributed by atoms with Crippen molar-refractivity contribution in [1.29, 1.82) is 0 Å². The van der Waals surface area contributed by atoms with Gasteiger partial charge in [-0.05, 0) is 25.0 Å². The van der Waals surface area contributed by atoms with Gasteiger partial charge in [-0.3, -0.25) is 0 Å². The number of aromatic nitrogens is 1. The monoisotopic (exact) mass is 227 g/mol. The highest BCUT2D eigenvalue weighted by atomic mass is 32.2. The average Bonchev–Trinajstić information content (AvgIpc) is 3.03. The molecular weight excluding hydrogens is 214 g/mol. The quantitative estimate of drug-likeness (QED) is 0.754. The molecule has 5 heteroatoms. The molecule has 1 aliphatic rings. The zero-order valence-corrected chi connectivity index (χ0v) is 9.11. The van der Waals surface area contributed by atoms with Crippen LogP contribution < -0.4 is 0 Å². The van der Waals surface area contributed by atoms with E-state index in [2.05, 4.69) is 4.98 Å². The van der Waals surface area contributed by atoms with Gasteiger partial charge in [-0.2, -0.15) is 0 Å². The Morgan fingerprint density at radius 1 is 1.40 bits per heavy atom. The molecule has 0 bridgehead atoms. The lowest BCUT2D eigenvalue weighted by Gasteiger charge is -2.03. The van der Waals surface area contributed by atoms with Gasteiger partial charge in [0.2, 0.25) is 0 Å². The van der Waals surface area contributed by atoms with E-state index in [9.17, 15) is 8.42 Å². The first kappa shape index (κ1) is 10.6. The van der Waals surface area contributed by atoms with Crippen LogP contribution in [0.25, 0.3) is 0 Å². The summed E-state index contributed by atoms with van der Waals surface area (Å²) in [7, 11) is -3.26. The van der Waals surface area contributed by atoms with Crippen molar-refractivity contribution in [1.82, 2.24) is 4.98 Å². The molecule has 0 N–H and O–H groups in total. The Balaban J connectivity index is 1.93. The van der Waals surface area contributed by atoms with Crippen molar-refractivity contribution in [2.24, 2.45) is 0 Å². The molecule has 0 amide bonds. The molecule has 1 fully saturated rings. The molecule has 0 spiro atoms. The maximum atomic E-state index is 11.7. The van der Waals surface area contributed by atoms with Crippen molar-refractivity contribution in [2.45, 2.75) is 24.0 Å². The van der Waals surface area contributed by atoms with Gasteiger partial charge in [0.15, 0.2) is 14.9 Å². The Morgan fingerprint density at radius 2 is 2.20 bits per heavy atom. The van der Waals surface area contributed by atoms with E-state index in [4.69, 9.17) is 4.74 Å². The van der Waals surface area contributed by atoms with Gasteiger partial charge < -0.3 is 4.74 Å². The summed E-state index contributed by atoms with van der Waals surface area (Å²) in [5.74, 6) is 0.0144. The summed E-state index contributed by atoms with van der Waals surface area (Å²) in [6.07, 6.45) is 3.89. The van der Waals surface area contributed by atoms with Gasteiger partial charge in [0.1, 0.15) is 0 Å². The van der Waals surface area contributed by atoms with E-state index in [0.717, 1.165) is 12.8 Å². The third kappa shape index (κ3) is 3.00. The predicted octanol–water partition coefficient (Wildman–Crippen LogP) is 1.03. The minimum atomic E-state index is -3.26. The standard InChI is InChI=1S/C10H13NO3S/c12-15(13,8-7-14-9-4-5-9)10-3-1-2-6-11-10/h1-3,6,9H,4-5,7-8H2. The summed E-state index contributed by atoms with van der Waals surface area (Å²) < 4.78 is 28.7. The third-order valence-electron chi connectivity index (χ3n) is 2.19. The van der Waals surface area contributed by atoms with Crippen molar-refractivity contribution < 1.29 is 13.2 Å². The normalized spacial score (nSPS) is 16.5. The van der Waals surface area contributed by atoms with Crippen LogP contribution in [-0.4, -0.2) is 31.9 Å². The fourth-order valence-electron chi connectivity index (χ4n) is 1.19. The van der Waals surface area contributed by atoms with Crippen molar-refractivity contribution in [2.75, 3.05) is 12.4 Å². The second kappa shape index (κ2) is 4.28. The summed E-state index contributed by atoms with van der Waals surface area (Å²) in [6, 6.07) is 4.87. The van der Waals surface area contributed by atoms with Crippen LogP contribution in [0.4, 0.5) is 0 Å². The average molecular weight is 227 g/mol. The lowest BCUT2D eigenvalue weighted by Crippen LogP contribution is -2.14. The maximum absolute atomic E-state index is 11.7. The first-order valence-electron chi connectivity index (χ1n) is 4.94. The Bertz CT molecular complexity index is 412. The smallest absolute Gasteiger partial charge is 0.197 e. The molecule has 0 atom stereocenters. The molecule has 0 aliphatic heterocycles. The molecule has 0 radical (unpaired) electrons. The van der Waals surface area contributed by atoms with E-state index in [-0.39, 0.29) is 17.4 Å². The van der Waals surface area contributed by atoms with Crippen LogP contribution in [0.3, 0.4) is 0 Å². The summed E-state index contributed by atoms with van der Waals surface area (Å²) in [5, 5.41) is 0.129. The molecule has 1 saturated carbocycles. The summed E-state index contributed by atoms with van der Waals surface area (Å²) in [5.41, 5.74) is 0. The summed E-state index contributed by atoms with van der Waals surface area (Å²) in [4.78, 5) is 3.82. The van der Waals surface area contributed by atoms with E-state index in [1.165, 1.54) is 12.3 Å². The number of ether oxygens (including phenoxy) is 1. The zero-order valence-electron chi connectivity index (χ0n) is 8.30. The second-order valence-corrected chi connectivity index (χ2v) is 5.61. The van der Waals surface area contributed by atoms with Gasteiger partial charge in [-0.25, -0.2) is 13.4 Å². The molecule has 1 aromatic rings. The molecule has 1 heterocycles. The van der Waals surface area contributed by atoms with Crippen LogP contribution in [0.1, 0.15) is 12.8 Å². The van der Waals surface area contributed by atoms with E-state index in [1.54, 1.807) is 12.1 Å². The summed E-state index contributed by atoms with van der Waals surface area (Å²) in [6.45, 7) is 0.267.